The van der Waals surface area contributed by atoms with E-state index in [1.54, 1.807) is 19.1 Å². The number of hydroxylamine groups is 1. The van der Waals surface area contributed by atoms with Crippen molar-refractivity contribution in [3.8, 4) is 11.8 Å². The van der Waals surface area contributed by atoms with E-state index in [1.165, 1.54) is 41.9 Å². The highest BCUT2D eigenvalue weighted by Gasteiger charge is 2.29. The number of ether oxygens (including phenoxy) is 2. The Kier molecular flexibility index (Phi) is 9.02. The van der Waals surface area contributed by atoms with Crippen LogP contribution in [0.2, 0.25) is 0 Å². The second-order valence-electron chi connectivity index (χ2n) is 6.10. The van der Waals surface area contributed by atoms with Crippen molar-refractivity contribution in [1.82, 2.24) is 5.48 Å². The zero-order valence-electron chi connectivity index (χ0n) is 16.4. The summed E-state index contributed by atoms with van der Waals surface area (Å²) in [6.45, 7) is 1.92. The number of hydrogen-bond donors (Lipinski definition) is 4. The van der Waals surface area contributed by atoms with Gasteiger partial charge in [-0.2, -0.15) is 5.26 Å². The normalized spacial score (nSPS) is 12.6. The maximum Gasteiger partial charge on any atom is 0.412 e. The number of halogens is 1. The quantitative estimate of drug-likeness (QED) is 0.251. The van der Waals surface area contributed by atoms with Crippen molar-refractivity contribution in [2.75, 3.05) is 11.9 Å². The van der Waals surface area contributed by atoms with Crippen LogP contribution in [0.15, 0.2) is 59.1 Å². The Balaban J connectivity index is 2.34. The number of amides is 2. The van der Waals surface area contributed by atoms with Crippen molar-refractivity contribution >= 4 is 33.6 Å². The van der Waals surface area contributed by atoms with Crippen molar-refractivity contribution in [1.29, 1.82) is 5.26 Å². The molecule has 162 valence electrons. The number of benzene rings is 2. The largest absolute Gasteiger partial charge is 0.508 e. The maximum absolute atomic E-state index is 12.6. The summed E-state index contributed by atoms with van der Waals surface area (Å²) in [7, 11) is 0. The molecule has 0 heterocycles. The molecular weight excluding hydrogens is 470 g/mol. The number of hydrogen-bond acceptors (Lipinski definition) is 7. The Bertz CT molecular complexity index is 988. The number of rotatable bonds is 8. The first-order valence-electron chi connectivity index (χ1n) is 9.08. The van der Waals surface area contributed by atoms with Crippen LogP contribution < -0.4 is 10.8 Å². The van der Waals surface area contributed by atoms with Gasteiger partial charge in [0, 0.05) is 28.4 Å². The minimum atomic E-state index is -1.14. The lowest BCUT2D eigenvalue weighted by Crippen LogP contribution is -2.28. The van der Waals surface area contributed by atoms with Crippen molar-refractivity contribution in [2.24, 2.45) is 0 Å². The van der Waals surface area contributed by atoms with E-state index in [1.807, 2.05) is 6.07 Å². The summed E-state index contributed by atoms with van der Waals surface area (Å²) in [5.74, 6) is -0.951. The summed E-state index contributed by atoms with van der Waals surface area (Å²) in [5, 5.41) is 30.5. The van der Waals surface area contributed by atoms with E-state index in [0.717, 1.165) is 6.08 Å². The lowest BCUT2D eigenvalue weighted by Gasteiger charge is -2.26. The van der Waals surface area contributed by atoms with Gasteiger partial charge in [-0.15, -0.1) is 0 Å². The number of nitrogens with zero attached hydrogens (tertiary/aromatic N) is 1. The molecule has 0 unspecified atom stereocenters. The first-order chi connectivity index (χ1) is 14.9. The molecule has 0 fully saturated rings. The summed E-state index contributed by atoms with van der Waals surface area (Å²) in [5.41, 5.74) is 2.52. The third-order valence-corrected chi connectivity index (χ3v) is 4.49. The molecule has 10 heteroatoms. The molecule has 0 aliphatic carbocycles. The van der Waals surface area contributed by atoms with E-state index in [2.05, 4.69) is 21.2 Å². The number of carbonyl (C=O) groups excluding carboxylic acids is 2. The second-order valence-corrected chi connectivity index (χ2v) is 7.01. The van der Waals surface area contributed by atoms with E-state index < -0.39 is 24.2 Å². The van der Waals surface area contributed by atoms with Crippen LogP contribution in [0.4, 0.5) is 10.5 Å². The summed E-state index contributed by atoms with van der Waals surface area (Å²) in [6, 6.07) is 12.7. The number of aromatic hydroxyl groups is 1. The van der Waals surface area contributed by atoms with Crippen LogP contribution >= 0.6 is 15.9 Å². The molecule has 31 heavy (non-hydrogen) atoms. The van der Waals surface area contributed by atoms with Gasteiger partial charge in [-0.1, -0.05) is 15.9 Å². The smallest absolute Gasteiger partial charge is 0.412 e. The summed E-state index contributed by atoms with van der Waals surface area (Å²) in [4.78, 5) is 24.0. The minimum absolute atomic E-state index is 0.149. The molecule has 0 saturated carbocycles. The molecule has 0 radical (unpaired) electrons. The average molecular weight is 490 g/mol. The molecule has 0 bridgehead atoms. The maximum atomic E-state index is 12.6. The Morgan fingerprint density at radius 1 is 1.26 bits per heavy atom. The van der Waals surface area contributed by atoms with Crippen LogP contribution in [0.1, 0.15) is 24.2 Å². The third kappa shape index (κ3) is 7.11. The van der Waals surface area contributed by atoms with E-state index in [0.29, 0.717) is 15.7 Å². The minimum Gasteiger partial charge on any atom is -0.508 e. The fraction of sp³-hybridized carbons (Fsp3) is 0.190. The molecule has 2 aromatic rings. The number of carbonyl (C=O) groups is 2. The Morgan fingerprint density at radius 3 is 2.58 bits per heavy atom. The summed E-state index contributed by atoms with van der Waals surface area (Å²) < 4.78 is 11.8. The van der Waals surface area contributed by atoms with Crippen LogP contribution in [0.3, 0.4) is 0 Å². The van der Waals surface area contributed by atoms with Gasteiger partial charge in [-0.25, -0.2) is 10.3 Å². The second kappa shape index (κ2) is 11.7. The fourth-order valence-electron chi connectivity index (χ4n) is 2.61. The lowest BCUT2D eigenvalue weighted by atomic mass is 10.0. The van der Waals surface area contributed by atoms with Crippen molar-refractivity contribution in [2.45, 2.75) is 19.1 Å². The fourth-order valence-corrected chi connectivity index (χ4v) is 2.99. The Morgan fingerprint density at radius 2 is 1.97 bits per heavy atom. The van der Waals surface area contributed by atoms with Gasteiger partial charge in [0.15, 0.2) is 6.10 Å². The number of nitriles is 1. The molecular formula is C21H20BrN3O6. The predicted molar refractivity (Wildman–Crippen MR) is 114 cm³/mol. The number of phenols is 1. The van der Waals surface area contributed by atoms with Crippen LogP contribution in [-0.2, 0) is 14.3 Å². The summed E-state index contributed by atoms with van der Waals surface area (Å²) >= 11 is 3.31. The molecule has 0 saturated heterocycles. The van der Waals surface area contributed by atoms with E-state index in [9.17, 15) is 14.7 Å². The van der Waals surface area contributed by atoms with Crippen LogP contribution in [0, 0.1) is 11.3 Å². The van der Waals surface area contributed by atoms with Gasteiger partial charge < -0.3 is 14.6 Å². The highest BCUT2D eigenvalue weighted by Crippen LogP contribution is 2.34. The van der Waals surface area contributed by atoms with Crippen molar-refractivity contribution in [3.63, 3.8) is 0 Å². The van der Waals surface area contributed by atoms with Gasteiger partial charge in [-0.05, 0) is 55.5 Å². The highest BCUT2D eigenvalue weighted by molar-refractivity contribution is 9.10. The average Bonchev–Trinajstić information content (AvgIpc) is 2.77. The first kappa shape index (κ1) is 23.9. The molecule has 2 atom stereocenters. The van der Waals surface area contributed by atoms with E-state index in [-0.39, 0.29) is 17.9 Å². The Labute approximate surface area is 187 Å². The number of phenolic OH excluding ortho intramolecular Hbond substituents is 1. The molecule has 0 aliphatic rings. The van der Waals surface area contributed by atoms with Crippen molar-refractivity contribution in [3.05, 3.63) is 70.2 Å². The van der Waals surface area contributed by atoms with Gasteiger partial charge in [0.05, 0.1) is 11.6 Å². The topological polar surface area (TPSA) is 141 Å². The Hall–Kier alpha value is -3.39. The van der Waals surface area contributed by atoms with Crippen LogP contribution in [0.25, 0.3) is 0 Å². The first-order valence-corrected chi connectivity index (χ1v) is 9.87. The molecule has 0 aliphatic heterocycles. The molecule has 2 aromatic carbocycles. The zero-order valence-corrected chi connectivity index (χ0v) is 18.0. The molecule has 0 spiro atoms. The van der Waals surface area contributed by atoms with Gasteiger partial charge >= 0.3 is 6.09 Å². The SMILES string of the molecule is CCO[C@H](/C=C/C(=O)NO)[C@H](OC(=O)Nc1ccc(C#N)cc1)c1cc(Br)ccc1O. The third-order valence-electron chi connectivity index (χ3n) is 4.00. The standard InChI is InChI=1S/C21H20BrN3O6/c1-2-30-18(9-10-19(27)25-29)20(16-11-14(22)5-8-17(16)26)31-21(28)24-15-6-3-13(12-23)4-7-15/h3-11,18,20,26,29H,2H2,1H3,(H,24,28)(H,25,27)/b10-9+/t18-,20-/m1/s1. The monoisotopic (exact) mass is 489 g/mol. The van der Waals surface area contributed by atoms with Gasteiger partial charge in [0.2, 0.25) is 0 Å². The van der Waals surface area contributed by atoms with E-state index >= 15 is 0 Å². The molecule has 2 rings (SSSR count). The van der Waals surface area contributed by atoms with Crippen LogP contribution in [0.5, 0.6) is 5.75 Å². The van der Waals surface area contributed by atoms with Gasteiger partial charge in [0.1, 0.15) is 11.9 Å². The number of nitrogens with one attached hydrogen (secondary N) is 2. The molecule has 2 amide bonds. The predicted octanol–water partition coefficient (Wildman–Crippen LogP) is 3.78. The van der Waals surface area contributed by atoms with Gasteiger partial charge in [0.25, 0.3) is 5.91 Å². The van der Waals surface area contributed by atoms with E-state index in [4.69, 9.17) is 19.9 Å². The van der Waals surface area contributed by atoms with Gasteiger partial charge in [-0.3, -0.25) is 15.3 Å². The molecule has 0 aromatic heterocycles. The molecule has 9 nitrogen and oxygen atoms in total. The van der Waals surface area contributed by atoms with Crippen molar-refractivity contribution < 1.29 is 29.4 Å². The van der Waals surface area contributed by atoms with Crippen LogP contribution in [-0.4, -0.2) is 35.0 Å². The zero-order chi connectivity index (χ0) is 22.8. The molecule has 4 N–H and O–H groups in total. The lowest BCUT2D eigenvalue weighted by molar-refractivity contribution is -0.124. The number of anilines is 1. The summed E-state index contributed by atoms with van der Waals surface area (Å²) in [6.07, 6.45) is -0.633. The highest BCUT2D eigenvalue weighted by atomic mass is 79.9.